The number of rotatable bonds is 8. The summed E-state index contributed by atoms with van der Waals surface area (Å²) in [5.74, 6) is 1.06. The van der Waals surface area contributed by atoms with E-state index in [2.05, 4.69) is 47.8 Å². The molecule has 2 aromatic rings. The third-order valence-electron chi connectivity index (χ3n) is 3.00. The Bertz CT molecular complexity index is 464. The van der Waals surface area contributed by atoms with Crippen molar-refractivity contribution in [3.05, 3.63) is 46.0 Å². The van der Waals surface area contributed by atoms with Gasteiger partial charge in [-0.1, -0.05) is 13.0 Å². The first-order chi connectivity index (χ1) is 9.29. The van der Waals surface area contributed by atoms with E-state index in [4.69, 9.17) is 4.42 Å². The quantitative estimate of drug-likeness (QED) is 0.749. The first-order valence-electron chi connectivity index (χ1n) is 6.76. The molecule has 0 unspecified atom stereocenters. The molecule has 0 fully saturated rings. The minimum atomic E-state index is 0.822. The summed E-state index contributed by atoms with van der Waals surface area (Å²) in [4.78, 5) is 3.72. The second-order valence-electron chi connectivity index (χ2n) is 4.80. The highest BCUT2D eigenvalue weighted by Crippen LogP contribution is 2.16. The molecule has 0 bridgehead atoms. The molecule has 4 heteroatoms. The van der Waals surface area contributed by atoms with Crippen molar-refractivity contribution in [2.45, 2.75) is 33.0 Å². The molecule has 0 spiro atoms. The van der Waals surface area contributed by atoms with E-state index >= 15 is 0 Å². The minimum absolute atomic E-state index is 0.822. The van der Waals surface area contributed by atoms with Crippen LogP contribution < -0.4 is 5.32 Å². The number of furan rings is 1. The molecule has 0 aliphatic heterocycles. The third-order valence-corrected chi connectivity index (χ3v) is 3.86. The molecular weight excluding hydrogens is 256 g/mol. The van der Waals surface area contributed by atoms with Crippen LogP contribution in [0.3, 0.4) is 0 Å². The van der Waals surface area contributed by atoms with Crippen LogP contribution in [-0.2, 0) is 19.6 Å². The number of thiophene rings is 1. The van der Waals surface area contributed by atoms with Crippen molar-refractivity contribution in [3.8, 4) is 0 Å². The van der Waals surface area contributed by atoms with E-state index in [1.807, 2.05) is 11.3 Å². The zero-order valence-electron chi connectivity index (χ0n) is 11.7. The number of nitrogens with one attached hydrogen (secondary N) is 1. The average molecular weight is 278 g/mol. The van der Waals surface area contributed by atoms with E-state index in [1.165, 1.54) is 10.4 Å². The van der Waals surface area contributed by atoms with Gasteiger partial charge < -0.3 is 9.73 Å². The monoisotopic (exact) mass is 278 g/mol. The summed E-state index contributed by atoms with van der Waals surface area (Å²) < 4.78 is 5.56. The lowest BCUT2D eigenvalue weighted by Crippen LogP contribution is -2.19. The van der Waals surface area contributed by atoms with Crippen LogP contribution in [0, 0.1) is 0 Å². The number of hydrogen-bond donors (Lipinski definition) is 1. The van der Waals surface area contributed by atoms with Gasteiger partial charge in [0.2, 0.25) is 0 Å². The summed E-state index contributed by atoms with van der Waals surface area (Å²) >= 11 is 1.81. The van der Waals surface area contributed by atoms with Crippen LogP contribution in [0.5, 0.6) is 0 Å². The fourth-order valence-electron chi connectivity index (χ4n) is 2.06. The number of nitrogens with zero attached hydrogens (tertiary/aromatic N) is 1. The lowest BCUT2D eigenvalue weighted by Gasteiger charge is -2.15. The molecular formula is C15H22N2OS. The van der Waals surface area contributed by atoms with Crippen LogP contribution in [0.15, 0.2) is 34.3 Å². The van der Waals surface area contributed by atoms with E-state index in [1.54, 1.807) is 6.26 Å². The van der Waals surface area contributed by atoms with Crippen LogP contribution in [0.2, 0.25) is 0 Å². The second-order valence-corrected chi connectivity index (χ2v) is 5.83. The van der Waals surface area contributed by atoms with E-state index in [0.29, 0.717) is 0 Å². The van der Waals surface area contributed by atoms with E-state index in [-0.39, 0.29) is 0 Å². The Morgan fingerprint density at radius 1 is 1.32 bits per heavy atom. The molecule has 3 nitrogen and oxygen atoms in total. The maximum absolute atomic E-state index is 5.56. The molecule has 0 radical (unpaired) electrons. The molecule has 2 aromatic heterocycles. The van der Waals surface area contributed by atoms with Crippen LogP contribution in [0.4, 0.5) is 0 Å². The lowest BCUT2D eigenvalue weighted by atomic mass is 10.2. The first kappa shape index (κ1) is 14.3. The van der Waals surface area contributed by atoms with Gasteiger partial charge in [0.05, 0.1) is 12.8 Å². The highest BCUT2D eigenvalue weighted by atomic mass is 32.1. The smallest absolute Gasteiger partial charge is 0.122 e. The van der Waals surface area contributed by atoms with Crippen molar-refractivity contribution in [2.75, 3.05) is 13.6 Å². The molecule has 19 heavy (non-hydrogen) atoms. The topological polar surface area (TPSA) is 28.4 Å². The Morgan fingerprint density at radius 2 is 2.21 bits per heavy atom. The van der Waals surface area contributed by atoms with E-state index in [9.17, 15) is 0 Å². The fraction of sp³-hybridized carbons (Fsp3) is 0.467. The van der Waals surface area contributed by atoms with Gasteiger partial charge in [-0.2, -0.15) is 0 Å². The molecule has 0 saturated heterocycles. The standard InChI is InChI=1S/C15H22N2OS/c1-3-7-16-10-15-13(6-8-18-15)11-17(2)12-14-5-4-9-19-14/h4-6,8-9,16H,3,7,10-12H2,1-2H3. The number of hydrogen-bond acceptors (Lipinski definition) is 4. The largest absolute Gasteiger partial charge is 0.468 e. The Kier molecular flexibility index (Phi) is 5.63. The lowest BCUT2D eigenvalue weighted by molar-refractivity contribution is 0.317. The van der Waals surface area contributed by atoms with Crippen LogP contribution in [0.25, 0.3) is 0 Å². The molecule has 0 amide bonds. The predicted octanol–water partition coefficient (Wildman–Crippen LogP) is 3.47. The highest BCUT2D eigenvalue weighted by Gasteiger charge is 2.09. The summed E-state index contributed by atoms with van der Waals surface area (Å²) in [5.41, 5.74) is 1.28. The van der Waals surface area contributed by atoms with Gasteiger partial charge in [-0.05, 0) is 37.5 Å². The predicted molar refractivity (Wildman–Crippen MR) is 80.2 cm³/mol. The molecule has 0 aliphatic carbocycles. The van der Waals surface area contributed by atoms with Crippen LogP contribution in [-0.4, -0.2) is 18.5 Å². The maximum Gasteiger partial charge on any atom is 0.122 e. The van der Waals surface area contributed by atoms with Gasteiger partial charge in [0.25, 0.3) is 0 Å². The molecule has 2 heterocycles. The van der Waals surface area contributed by atoms with Crippen LogP contribution >= 0.6 is 11.3 Å². The maximum atomic E-state index is 5.56. The Morgan fingerprint density at radius 3 is 2.95 bits per heavy atom. The molecule has 0 aliphatic rings. The van der Waals surface area contributed by atoms with Crippen molar-refractivity contribution in [2.24, 2.45) is 0 Å². The Balaban J connectivity index is 1.86. The third kappa shape index (κ3) is 4.49. The van der Waals surface area contributed by atoms with E-state index in [0.717, 1.165) is 38.4 Å². The van der Waals surface area contributed by atoms with Crippen molar-refractivity contribution in [1.82, 2.24) is 10.2 Å². The van der Waals surface area contributed by atoms with Gasteiger partial charge in [-0.25, -0.2) is 0 Å². The Hall–Kier alpha value is -1.10. The zero-order valence-corrected chi connectivity index (χ0v) is 12.5. The molecule has 0 aromatic carbocycles. The summed E-state index contributed by atoms with van der Waals surface area (Å²) in [5, 5.41) is 5.51. The van der Waals surface area contributed by atoms with Gasteiger partial charge >= 0.3 is 0 Å². The van der Waals surface area contributed by atoms with Crippen molar-refractivity contribution in [1.29, 1.82) is 0 Å². The summed E-state index contributed by atoms with van der Waals surface area (Å²) in [6.45, 7) is 5.95. The van der Waals surface area contributed by atoms with Gasteiger partial charge in [-0.3, -0.25) is 4.90 Å². The highest BCUT2D eigenvalue weighted by molar-refractivity contribution is 7.09. The summed E-state index contributed by atoms with van der Waals surface area (Å²) in [6, 6.07) is 6.36. The van der Waals surface area contributed by atoms with Crippen molar-refractivity contribution in [3.63, 3.8) is 0 Å². The SMILES string of the molecule is CCCNCc1occc1CN(C)Cc1cccs1. The molecule has 2 rings (SSSR count). The normalized spacial score (nSPS) is 11.3. The summed E-state index contributed by atoms with van der Waals surface area (Å²) in [7, 11) is 2.15. The molecule has 104 valence electrons. The molecule has 0 saturated carbocycles. The molecule has 0 atom stereocenters. The van der Waals surface area contributed by atoms with E-state index < -0.39 is 0 Å². The van der Waals surface area contributed by atoms with Crippen molar-refractivity contribution < 1.29 is 4.42 Å². The summed E-state index contributed by atoms with van der Waals surface area (Å²) in [6.07, 6.45) is 2.94. The van der Waals surface area contributed by atoms with Gasteiger partial charge in [0.15, 0.2) is 0 Å². The molecule has 1 N–H and O–H groups in total. The van der Waals surface area contributed by atoms with Gasteiger partial charge in [-0.15, -0.1) is 11.3 Å². The van der Waals surface area contributed by atoms with Gasteiger partial charge in [0, 0.05) is 23.5 Å². The van der Waals surface area contributed by atoms with Crippen molar-refractivity contribution >= 4 is 11.3 Å². The Labute approximate surface area is 119 Å². The minimum Gasteiger partial charge on any atom is -0.468 e. The fourth-order valence-corrected chi connectivity index (χ4v) is 2.84. The zero-order chi connectivity index (χ0) is 13.5. The van der Waals surface area contributed by atoms with Crippen LogP contribution in [0.1, 0.15) is 29.5 Å². The second kappa shape index (κ2) is 7.48. The first-order valence-corrected chi connectivity index (χ1v) is 7.64. The van der Waals surface area contributed by atoms with Gasteiger partial charge in [0.1, 0.15) is 5.76 Å². The average Bonchev–Trinajstić information content (AvgIpc) is 3.02.